The largest absolute Gasteiger partial charge is 0.368 e. The fraction of sp³-hybridized carbons (Fsp3) is 0.111. The van der Waals surface area contributed by atoms with Crippen molar-refractivity contribution in [3.63, 3.8) is 0 Å². The summed E-state index contributed by atoms with van der Waals surface area (Å²) in [6.45, 7) is 0. The van der Waals surface area contributed by atoms with Gasteiger partial charge in [-0.3, -0.25) is 0 Å². The minimum Gasteiger partial charge on any atom is -0.368 e. The molecule has 1 aromatic carbocycles. The van der Waals surface area contributed by atoms with Crippen LogP contribution in [0.2, 0.25) is 0 Å². The average molecular weight is 208 g/mol. The number of anilines is 1. The van der Waals surface area contributed by atoms with Crippen molar-refractivity contribution in [3.8, 4) is 5.69 Å². The number of nitrogens with zero attached hydrogens (tertiary/aromatic N) is 3. The monoisotopic (exact) mass is 208 g/mol. The molecule has 2 aromatic rings. The van der Waals surface area contributed by atoms with Crippen molar-refractivity contribution in [1.29, 1.82) is 0 Å². The lowest BCUT2D eigenvalue weighted by Gasteiger charge is -2.01. The third-order valence-electron chi connectivity index (χ3n) is 2.02. The van der Waals surface area contributed by atoms with Gasteiger partial charge >= 0.3 is 5.69 Å². The van der Waals surface area contributed by atoms with Gasteiger partial charge in [0.1, 0.15) is 5.82 Å². The summed E-state index contributed by atoms with van der Waals surface area (Å²) in [6, 6.07) is 5.60. The zero-order valence-electron chi connectivity index (χ0n) is 8.01. The molecule has 2 N–H and O–H groups in total. The van der Waals surface area contributed by atoms with Crippen LogP contribution in [0.15, 0.2) is 29.1 Å². The number of nitrogen functional groups attached to an aromatic ring is 1. The summed E-state index contributed by atoms with van der Waals surface area (Å²) in [5.74, 6) is -0.393. The molecule has 6 heteroatoms. The van der Waals surface area contributed by atoms with Crippen LogP contribution in [0, 0.1) is 5.82 Å². The summed E-state index contributed by atoms with van der Waals surface area (Å²) in [7, 11) is 1.48. The van der Waals surface area contributed by atoms with Gasteiger partial charge in [0.25, 0.3) is 0 Å². The molecule has 2 rings (SSSR count). The van der Waals surface area contributed by atoms with Crippen LogP contribution in [0.5, 0.6) is 0 Å². The second-order valence-electron chi connectivity index (χ2n) is 3.08. The third-order valence-corrected chi connectivity index (χ3v) is 2.02. The van der Waals surface area contributed by atoms with E-state index in [1.807, 2.05) is 0 Å². The summed E-state index contributed by atoms with van der Waals surface area (Å²) in [5, 5.41) is 3.74. The van der Waals surface area contributed by atoms with Gasteiger partial charge in [0, 0.05) is 7.05 Å². The van der Waals surface area contributed by atoms with E-state index >= 15 is 0 Å². The van der Waals surface area contributed by atoms with E-state index in [1.165, 1.54) is 25.2 Å². The van der Waals surface area contributed by atoms with Crippen molar-refractivity contribution in [2.24, 2.45) is 7.05 Å². The average Bonchev–Trinajstić information content (AvgIpc) is 2.41. The second-order valence-corrected chi connectivity index (χ2v) is 3.08. The van der Waals surface area contributed by atoms with E-state index < -0.39 is 11.5 Å². The van der Waals surface area contributed by atoms with Gasteiger partial charge in [-0.1, -0.05) is 6.07 Å². The van der Waals surface area contributed by atoms with Gasteiger partial charge in [0.05, 0.1) is 5.69 Å². The van der Waals surface area contributed by atoms with Crippen molar-refractivity contribution in [2.75, 3.05) is 5.73 Å². The van der Waals surface area contributed by atoms with Gasteiger partial charge in [0.15, 0.2) is 0 Å². The van der Waals surface area contributed by atoms with Crippen LogP contribution in [0.4, 0.5) is 10.3 Å². The van der Waals surface area contributed by atoms with E-state index in [0.29, 0.717) is 5.69 Å². The quantitative estimate of drug-likeness (QED) is 0.732. The molecule has 0 unspecified atom stereocenters. The summed E-state index contributed by atoms with van der Waals surface area (Å²) >= 11 is 0. The Morgan fingerprint density at radius 1 is 1.47 bits per heavy atom. The molecular formula is C9H9FN4O. The lowest BCUT2D eigenvalue weighted by molar-refractivity contribution is 0.626. The van der Waals surface area contributed by atoms with Crippen molar-refractivity contribution < 1.29 is 4.39 Å². The first-order valence-corrected chi connectivity index (χ1v) is 4.27. The van der Waals surface area contributed by atoms with Crippen LogP contribution in [-0.4, -0.2) is 14.3 Å². The molecule has 0 saturated heterocycles. The Morgan fingerprint density at radius 2 is 2.20 bits per heavy atom. The highest BCUT2D eigenvalue weighted by Crippen LogP contribution is 2.09. The molecule has 0 saturated carbocycles. The predicted molar refractivity (Wildman–Crippen MR) is 53.2 cm³/mol. The molecule has 78 valence electrons. The smallest absolute Gasteiger partial charge is 0.351 e. The number of aryl methyl sites for hydroxylation is 1. The minimum atomic E-state index is -0.428. The van der Waals surface area contributed by atoms with Crippen LogP contribution in [0.25, 0.3) is 5.69 Å². The van der Waals surface area contributed by atoms with E-state index in [4.69, 9.17) is 5.73 Å². The Kier molecular flexibility index (Phi) is 2.03. The third kappa shape index (κ3) is 1.50. The number of hydrogen-bond acceptors (Lipinski definition) is 3. The molecule has 1 heterocycles. The maximum atomic E-state index is 12.9. The molecule has 1 aromatic heterocycles. The molecular weight excluding hydrogens is 199 g/mol. The summed E-state index contributed by atoms with van der Waals surface area (Å²) < 4.78 is 15.2. The van der Waals surface area contributed by atoms with Crippen LogP contribution >= 0.6 is 0 Å². The van der Waals surface area contributed by atoms with Crippen molar-refractivity contribution in [3.05, 3.63) is 40.6 Å². The molecule has 0 bridgehead atoms. The maximum absolute atomic E-state index is 12.9. The second kappa shape index (κ2) is 3.23. The Bertz CT molecular complexity index is 557. The number of aromatic nitrogens is 3. The highest BCUT2D eigenvalue weighted by Gasteiger charge is 2.09. The standard InChI is InChI=1S/C9H9FN4O/c1-13-9(15)14(8(11)12-13)7-4-2-3-6(10)5-7/h2-5H,1H3,(H2,11,12). The van der Waals surface area contributed by atoms with E-state index in [-0.39, 0.29) is 5.95 Å². The molecule has 0 aliphatic heterocycles. The van der Waals surface area contributed by atoms with Gasteiger partial charge in [0.2, 0.25) is 5.95 Å². The molecule has 5 nitrogen and oxygen atoms in total. The van der Waals surface area contributed by atoms with E-state index in [2.05, 4.69) is 5.10 Å². The highest BCUT2D eigenvalue weighted by molar-refractivity contribution is 5.38. The van der Waals surface area contributed by atoms with Crippen LogP contribution in [-0.2, 0) is 7.05 Å². The first-order valence-electron chi connectivity index (χ1n) is 4.27. The normalized spacial score (nSPS) is 10.5. The maximum Gasteiger partial charge on any atom is 0.351 e. The van der Waals surface area contributed by atoms with Crippen LogP contribution in [0.1, 0.15) is 0 Å². The number of halogens is 1. The summed E-state index contributed by atoms with van der Waals surface area (Å²) in [5.41, 5.74) is 5.49. The van der Waals surface area contributed by atoms with E-state index in [1.54, 1.807) is 6.07 Å². The number of hydrogen-bond donors (Lipinski definition) is 1. The minimum absolute atomic E-state index is 0.0353. The van der Waals surface area contributed by atoms with Crippen molar-refractivity contribution >= 4 is 5.95 Å². The Morgan fingerprint density at radius 3 is 2.73 bits per heavy atom. The van der Waals surface area contributed by atoms with Gasteiger partial charge in [-0.2, -0.15) is 0 Å². The molecule has 0 aliphatic rings. The van der Waals surface area contributed by atoms with Gasteiger partial charge in [-0.25, -0.2) is 18.4 Å². The van der Waals surface area contributed by atoms with Gasteiger partial charge < -0.3 is 5.73 Å². The Balaban J connectivity index is 2.69. The van der Waals surface area contributed by atoms with Crippen molar-refractivity contribution in [2.45, 2.75) is 0 Å². The Hall–Kier alpha value is -2.11. The Labute approximate surface area is 84.6 Å². The zero-order valence-corrected chi connectivity index (χ0v) is 8.01. The summed E-state index contributed by atoms with van der Waals surface area (Å²) in [4.78, 5) is 11.6. The molecule has 0 amide bonds. The van der Waals surface area contributed by atoms with Gasteiger partial charge in [-0.05, 0) is 18.2 Å². The first kappa shape index (κ1) is 9.45. The van der Waals surface area contributed by atoms with Crippen LogP contribution < -0.4 is 11.4 Å². The number of rotatable bonds is 1. The molecule has 15 heavy (non-hydrogen) atoms. The summed E-state index contributed by atoms with van der Waals surface area (Å²) in [6.07, 6.45) is 0. The highest BCUT2D eigenvalue weighted by atomic mass is 19.1. The van der Waals surface area contributed by atoms with Gasteiger partial charge in [-0.15, -0.1) is 5.10 Å². The van der Waals surface area contributed by atoms with E-state index in [9.17, 15) is 9.18 Å². The molecule has 0 atom stereocenters. The fourth-order valence-electron chi connectivity index (χ4n) is 1.34. The molecule has 0 radical (unpaired) electrons. The molecule has 0 aliphatic carbocycles. The number of benzene rings is 1. The molecule has 0 spiro atoms. The lowest BCUT2D eigenvalue weighted by atomic mass is 10.3. The lowest BCUT2D eigenvalue weighted by Crippen LogP contribution is -2.22. The topological polar surface area (TPSA) is 65.8 Å². The number of nitrogens with two attached hydrogens (primary N) is 1. The first-order chi connectivity index (χ1) is 7.09. The SMILES string of the molecule is Cn1nc(N)n(-c2cccc(F)c2)c1=O. The fourth-order valence-corrected chi connectivity index (χ4v) is 1.34. The predicted octanol–water partition coefficient (Wildman–Crippen LogP) is 0.292. The van der Waals surface area contributed by atoms with Crippen LogP contribution in [0.3, 0.4) is 0 Å². The van der Waals surface area contributed by atoms with Crippen molar-refractivity contribution in [1.82, 2.24) is 14.3 Å². The zero-order chi connectivity index (χ0) is 11.0. The molecule has 0 fully saturated rings. The van der Waals surface area contributed by atoms with E-state index in [0.717, 1.165) is 9.25 Å².